The molecule has 1 atom stereocenters. The third-order valence-corrected chi connectivity index (χ3v) is 5.22. The van der Waals surface area contributed by atoms with Crippen molar-refractivity contribution in [3.05, 3.63) is 75.1 Å². The van der Waals surface area contributed by atoms with Gasteiger partial charge in [0.25, 0.3) is 5.91 Å². The van der Waals surface area contributed by atoms with Crippen LogP contribution in [0.4, 0.5) is 0 Å². The average molecular weight is 407 g/mol. The maximum Gasteiger partial charge on any atom is 0.339 e. The smallest absolute Gasteiger partial charge is 0.339 e. The lowest BCUT2D eigenvalue weighted by molar-refractivity contribution is -0.142. The number of ether oxygens (including phenoxy) is 1. The lowest BCUT2D eigenvalue weighted by Crippen LogP contribution is -2.36. The predicted octanol–water partition coefficient (Wildman–Crippen LogP) is 2.91. The molecule has 1 aliphatic rings. The van der Waals surface area contributed by atoms with Gasteiger partial charge in [0, 0.05) is 5.56 Å². The Morgan fingerprint density at radius 2 is 1.90 bits per heavy atom. The van der Waals surface area contributed by atoms with Crippen molar-refractivity contribution in [1.29, 1.82) is 0 Å². The van der Waals surface area contributed by atoms with Crippen LogP contribution in [0.2, 0.25) is 0 Å². The number of hydrogen-bond acceptors (Lipinski definition) is 5. The zero-order valence-corrected chi connectivity index (χ0v) is 16.4. The summed E-state index contributed by atoms with van der Waals surface area (Å²) in [6, 6.07) is 10.9. The van der Waals surface area contributed by atoms with Crippen molar-refractivity contribution >= 4 is 22.8 Å². The van der Waals surface area contributed by atoms with Crippen LogP contribution in [0.15, 0.2) is 51.7 Å². The maximum absolute atomic E-state index is 12.4. The number of carboxylic acids is 1. The van der Waals surface area contributed by atoms with Gasteiger partial charge in [-0.3, -0.25) is 4.79 Å². The second-order valence-electron chi connectivity index (χ2n) is 7.37. The van der Waals surface area contributed by atoms with Crippen LogP contribution >= 0.6 is 0 Å². The van der Waals surface area contributed by atoms with Gasteiger partial charge in [0.1, 0.15) is 11.3 Å². The van der Waals surface area contributed by atoms with Crippen molar-refractivity contribution in [3.8, 4) is 5.75 Å². The molecule has 1 heterocycles. The van der Waals surface area contributed by atoms with Crippen LogP contribution < -0.4 is 15.7 Å². The summed E-state index contributed by atoms with van der Waals surface area (Å²) in [6.07, 6.45) is 2.28. The molecule has 1 aliphatic carbocycles. The lowest BCUT2D eigenvalue weighted by atomic mass is 10.0. The van der Waals surface area contributed by atoms with E-state index in [1.807, 2.05) is 6.92 Å². The fourth-order valence-corrected chi connectivity index (χ4v) is 3.90. The fraction of sp³-hybridized carbons (Fsp3) is 0.261. The number of carboxylic acid groups (broad SMARTS) is 1. The van der Waals surface area contributed by atoms with E-state index < -0.39 is 17.9 Å². The third-order valence-electron chi connectivity index (χ3n) is 5.22. The summed E-state index contributed by atoms with van der Waals surface area (Å²) in [5.74, 6) is -1.27. The fourth-order valence-electron chi connectivity index (χ4n) is 3.90. The van der Waals surface area contributed by atoms with Gasteiger partial charge in [-0.1, -0.05) is 30.3 Å². The summed E-state index contributed by atoms with van der Waals surface area (Å²) in [6.45, 7) is 1.48. The molecule has 0 saturated carbocycles. The van der Waals surface area contributed by atoms with Gasteiger partial charge in [0.15, 0.2) is 12.6 Å². The third kappa shape index (κ3) is 3.78. The normalized spacial score (nSPS) is 13.6. The van der Waals surface area contributed by atoms with E-state index in [2.05, 4.69) is 5.32 Å². The minimum absolute atomic E-state index is 0.323. The number of nitrogens with one attached hydrogen (secondary N) is 1. The second-order valence-corrected chi connectivity index (χ2v) is 7.37. The number of aryl methyl sites for hydroxylation is 2. The van der Waals surface area contributed by atoms with Crippen molar-refractivity contribution in [2.45, 2.75) is 32.2 Å². The highest BCUT2D eigenvalue weighted by molar-refractivity contribution is 5.90. The molecule has 1 aromatic heterocycles. The number of carbonyl (C=O) groups excluding carboxylic acids is 1. The molecule has 0 radical (unpaired) electrons. The number of aliphatic carboxylic acids is 1. The van der Waals surface area contributed by atoms with E-state index in [4.69, 9.17) is 9.15 Å². The summed E-state index contributed by atoms with van der Waals surface area (Å²) in [7, 11) is 0. The van der Waals surface area contributed by atoms with Crippen LogP contribution in [-0.2, 0) is 22.4 Å². The molecule has 0 aliphatic heterocycles. The summed E-state index contributed by atoms with van der Waals surface area (Å²) in [4.78, 5) is 36.2. The zero-order valence-electron chi connectivity index (χ0n) is 16.4. The van der Waals surface area contributed by atoms with Crippen LogP contribution in [0.3, 0.4) is 0 Å². The van der Waals surface area contributed by atoms with Gasteiger partial charge < -0.3 is 19.6 Å². The van der Waals surface area contributed by atoms with Crippen molar-refractivity contribution < 1.29 is 23.8 Å². The van der Waals surface area contributed by atoms with Crippen molar-refractivity contribution in [3.63, 3.8) is 0 Å². The first kappa shape index (κ1) is 19.7. The highest BCUT2D eigenvalue weighted by Gasteiger charge is 2.24. The molecule has 0 spiro atoms. The molecule has 3 aromatic rings. The minimum atomic E-state index is -1.17. The van der Waals surface area contributed by atoms with E-state index in [-0.39, 0.29) is 12.2 Å². The van der Waals surface area contributed by atoms with Gasteiger partial charge >= 0.3 is 11.6 Å². The van der Waals surface area contributed by atoms with Crippen LogP contribution in [0.5, 0.6) is 5.75 Å². The molecule has 2 N–H and O–H groups in total. The Hall–Kier alpha value is -3.61. The molecule has 0 unspecified atom stereocenters. The Bertz CT molecular complexity index is 1180. The molecule has 4 rings (SSSR count). The first-order valence-electron chi connectivity index (χ1n) is 9.73. The second kappa shape index (κ2) is 8.02. The molecular weight excluding hydrogens is 386 g/mol. The first-order chi connectivity index (χ1) is 14.4. The minimum Gasteiger partial charge on any atom is -0.483 e. The Morgan fingerprint density at radius 3 is 2.63 bits per heavy atom. The van der Waals surface area contributed by atoms with E-state index in [9.17, 15) is 19.5 Å². The molecule has 1 amide bonds. The molecule has 7 heteroatoms. The Morgan fingerprint density at radius 1 is 1.17 bits per heavy atom. The SMILES string of the molecule is Cc1cc(OCC(=O)N[C@@H](C(=O)O)c2ccccc2)c2c3c(c(=O)oc2c1)CCC3. The van der Waals surface area contributed by atoms with Gasteiger partial charge in [-0.05, 0) is 55.0 Å². The molecule has 2 aromatic carbocycles. The molecule has 0 saturated heterocycles. The van der Waals surface area contributed by atoms with Crippen molar-refractivity contribution in [2.24, 2.45) is 0 Å². The number of benzene rings is 2. The van der Waals surface area contributed by atoms with E-state index in [1.165, 1.54) is 0 Å². The molecule has 0 fully saturated rings. The highest BCUT2D eigenvalue weighted by atomic mass is 16.5. The summed E-state index contributed by atoms with van der Waals surface area (Å²) in [5, 5.41) is 12.7. The number of hydrogen-bond donors (Lipinski definition) is 2. The number of amides is 1. The van der Waals surface area contributed by atoms with Crippen LogP contribution in [-0.4, -0.2) is 23.6 Å². The zero-order chi connectivity index (χ0) is 21.3. The molecule has 30 heavy (non-hydrogen) atoms. The van der Waals surface area contributed by atoms with Gasteiger partial charge in [0.05, 0.1) is 5.39 Å². The lowest BCUT2D eigenvalue weighted by Gasteiger charge is -2.16. The van der Waals surface area contributed by atoms with Gasteiger partial charge in [-0.15, -0.1) is 0 Å². The average Bonchev–Trinajstić information content (AvgIpc) is 3.21. The van der Waals surface area contributed by atoms with E-state index >= 15 is 0 Å². The van der Waals surface area contributed by atoms with Crippen molar-refractivity contribution in [1.82, 2.24) is 5.32 Å². The quantitative estimate of drug-likeness (QED) is 0.609. The highest BCUT2D eigenvalue weighted by Crippen LogP contribution is 2.35. The van der Waals surface area contributed by atoms with Gasteiger partial charge in [0.2, 0.25) is 0 Å². The van der Waals surface area contributed by atoms with Crippen LogP contribution in [0.1, 0.15) is 34.7 Å². The Labute approximate surface area is 172 Å². The number of carbonyl (C=O) groups is 2. The van der Waals surface area contributed by atoms with Crippen LogP contribution in [0, 0.1) is 6.92 Å². The molecule has 154 valence electrons. The van der Waals surface area contributed by atoms with E-state index in [1.54, 1.807) is 42.5 Å². The topological polar surface area (TPSA) is 106 Å². The number of rotatable bonds is 6. The predicted molar refractivity (Wildman–Crippen MR) is 110 cm³/mol. The summed E-state index contributed by atoms with van der Waals surface area (Å²) < 4.78 is 11.2. The van der Waals surface area contributed by atoms with Gasteiger partial charge in [-0.2, -0.15) is 0 Å². The van der Waals surface area contributed by atoms with Crippen molar-refractivity contribution in [2.75, 3.05) is 6.61 Å². The van der Waals surface area contributed by atoms with Gasteiger partial charge in [-0.25, -0.2) is 9.59 Å². The largest absolute Gasteiger partial charge is 0.483 e. The maximum atomic E-state index is 12.4. The van der Waals surface area contributed by atoms with E-state index in [0.29, 0.717) is 34.3 Å². The molecular formula is C23H21NO6. The summed E-state index contributed by atoms with van der Waals surface area (Å²) in [5.41, 5.74) is 2.98. The van der Waals surface area contributed by atoms with Crippen LogP contribution in [0.25, 0.3) is 11.0 Å². The summed E-state index contributed by atoms with van der Waals surface area (Å²) >= 11 is 0. The molecule has 7 nitrogen and oxygen atoms in total. The number of fused-ring (bicyclic) bond motifs is 3. The monoisotopic (exact) mass is 407 g/mol. The first-order valence-corrected chi connectivity index (χ1v) is 9.73. The van der Waals surface area contributed by atoms with E-state index in [0.717, 1.165) is 24.0 Å². The Kier molecular flexibility index (Phi) is 5.27. The molecule has 0 bridgehead atoms. The standard InChI is InChI=1S/C23H21NO6/c1-13-10-17(20-15-8-5-9-16(15)23(28)30-18(20)11-13)29-12-19(25)24-21(22(26)27)14-6-3-2-4-7-14/h2-4,6-7,10-11,21H,5,8-9,12H2,1H3,(H,24,25)(H,26,27)/t21-/m1/s1. The Balaban J connectivity index is 1.58.